The van der Waals surface area contributed by atoms with Gasteiger partial charge in [-0.05, 0) is 168 Å². The zero-order valence-corrected chi connectivity index (χ0v) is 69.1. The predicted octanol–water partition coefficient (Wildman–Crippen LogP) is 26.1. The van der Waals surface area contributed by atoms with Crippen LogP contribution in [0, 0.1) is 0 Å². The Kier molecular flexibility index (Phi) is 16.2. The third-order valence-corrected chi connectivity index (χ3v) is 30.2. The SMILES string of the molecule is CC(C)(C)c1ccc2sc3ccc(-c4ccc5c(c4)N(c4c(-c6ccccc6)cncc4-c4ccccc4)c4cc(-n6c7ccc([Si](C)(C)C)cc7c7cc([Si](C)(C)C)ccc76)cc6c4B5c4ccc(-c5ccc7sc8ccc(C(C)(C)C)cc8c7c5)cc4N6c4c(-c5ccccc5)cncc4-c4ccccc4)cc3c2c1. The second-order valence-electron chi connectivity index (χ2n) is 35.0. The van der Waals surface area contributed by atoms with Crippen LogP contribution in [-0.2, 0) is 10.8 Å². The van der Waals surface area contributed by atoms with Gasteiger partial charge in [-0.15, -0.1) is 22.7 Å². The second kappa shape index (κ2) is 26.1. The number of nitrogens with zero attached hydrogens (tertiary/aromatic N) is 5. The number of thiophene rings is 2. The number of hydrogen-bond acceptors (Lipinski definition) is 6. The summed E-state index contributed by atoms with van der Waals surface area (Å²) >= 11 is 3.77. The van der Waals surface area contributed by atoms with Crippen molar-refractivity contribution in [3.05, 3.63) is 315 Å². The molecule has 7 heterocycles. The van der Waals surface area contributed by atoms with Crippen molar-refractivity contribution in [3.63, 3.8) is 0 Å². The maximum absolute atomic E-state index is 5.27. The Morgan fingerprint density at radius 2 is 0.634 bits per heavy atom. The van der Waals surface area contributed by atoms with Crippen LogP contribution in [0.5, 0.6) is 0 Å². The third kappa shape index (κ3) is 11.6. The van der Waals surface area contributed by atoms with Crippen LogP contribution in [0.3, 0.4) is 0 Å². The lowest BCUT2D eigenvalue weighted by atomic mass is 9.33. The van der Waals surface area contributed by atoms with E-state index >= 15 is 0 Å². The summed E-state index contributed by atoms with van der Waals surface area (Å²) in [5.41, 5.74) is 29.3. The third-order valence-electron chi connectivity index (χ3n) is 23.8. The predicted molar refractivity (Wildman–Crippen MR) is 492 cm³/mol. The van der Waals surface area contributed by atoms with Gasteiger partial charge in [0.05, 0.1) is 44.2 Å². The minimum absolute atomic E-state index is 0.00833. The van der Waals surface area contributed by atoms with Gasteiger partial charge in [0.15, 0.2) is 0 Å². The Balaban J connectivity index is 0.958. The van der Waals surface area contributed by atoms with Crippen molar-refractivity contribution in [2.24, 2.45) is 0 Å². The molecular weight excluding hydrogens is 1430 g/mol. The molecular formula is C102H86BN5S2Si2. The Morgan fingerprint density at radius 3 is 0.982 bits per heavy atom. The Labute approximate surface area is 666 Å². The Morgan fingerprint density at radius 1 is 0.304 bits per heavy atom. The summed E-state index contributed by atoms with van der Waals surface area (Å²) in [6.07, 6.45) is 8.45. The molecule has 0 spiro atoms. The molecule has 2 aliphatic heterocycles. The van der Waals surface area contributed by atoms with Crippen molar-refractivity contribution in [2.75, 3.05) is 9.80 Å². The van der Waals surface area contributed by atoms with Gasteiger partial charge in [0.25, 0.3) is 6.71 Å². The lowest BCUT2D eigenvalue weighted by Gasteiger charge is -2.46. The molecule has 0 aliphatic carbocycles. The van der Waals surface area contributed by atoms with E-state index in [9.17, 15) is 0 Å². The van der Waals surface area contributed by atoms with Gasteiger partial charge in [-0.1, -0.05) is 285 Å². The monoisotopic (exact) mass is 1510 g/mol. The van der Waals surface area contributed by atoms with Crippen molar-refractivity contribution in [1.82, 2.24) is 14.5 Å². The van der Waals surface area contributed by atoms with Crippen LogP contribution in [0.1, 0.15) is 52.7 Å². The molecule has 542 valence electrons. The van der Waals surface area contributed by atoms with E-state index in [1.54, 1.807) is 0 Å². The molecule has 10 heteroatoms. The van der Waals surface area contributed by atoms with E-state index in [1.165, 1.54) is 111 Å². The minimum Gasteiger partial charge on any atom is -0.310 e. The number of hydrogen-bond donors (Lipinski definition) is 0. The molecule has 2 aliphatic rings. The molecule has 18 aromatic rings. The highest BCUT2D eigenvalue weighted by molar-refractivity contribution is 7.26. The summed E-state index contributed by atoms with van der Waals surface area (Å²) in [5.74, 6) is 0. The molecule has 20 rings (SSSR count). The molecule has 0 saturated carbocycles. The van der Waals surface area contributed by atoms with Gasteiger partial charge in [0.2, 0.25) is 0 Å². The van der Waals surface area contributed by atoms with Crippen LogP contribution in [0.4, 0.5) is 34.1 Å². The zero-order valence-electron chi connectivity index (χ0n) is 65.5. The number of anilines is 6. The second-order valence-corrected chi connectivity index (χ2v) is 47.3. The lowest BCUT2D eigenvalue weighted by Crippen LogP contribution is -2.61. The van der Waals surface area contributed by atoms with Gasteiger partial charge < -0.3 is 14.4 Å². The molecule has 0 saturated heterocycles. The fourth-order valence-electron chi connectivity index (χ4n) is 17.7. The zero-order chi connectivity index (χ0) is 76.4. The van der Waals surface area contributed by atoms with Gasteiger partial charge >= 0.3 is 0 Å². The highest BCUT2D eigenvalue weighted by atomic mass is 32.1. The smallest absolute Gasteiger partial charge is 0.252 e. The average Bonchev–Trinajstić information content (AvgIpc) is 0.724. The number of benzene rings is 13. The molecule has 13 aromatic carbocycles. The average molecular weight is 1510 g/mol. The molecule has 112 heavy (non-hydrogen) atoms. The Bertz CT molecular complexity index is 6350. The quantitative estimate of drug-likeness (QED) is 0.121. The van der Waals surface area contributed by atoms with Crippen LogP contribution in [0.15, 0.2) is 304 Å². The first kappa shape index (κ1) is 69.7. The fraction of sp³-hybridized carbons (Fsp3) is 0.137. The maximum atomic E-state index is 5.27. The van der Waals surface area contributed by atoms with E-state index < -0.39 is 16.1 Å². The summed E-state index contributed by atoms with van der Waals surface area (Å²) in [4.78, 5) is 15.9. The molecule has 5 nitrogen and oxygen atoms in total. The lowest BCUT2D eigenvalue weighted by molar-refractivity contribution is 0.591. The molecule has 0 radical (unpaired) electrons. The van der Waals surface area contributed by atoms with Gasteiger partial charge in [-0.2, -0.15) is 0 Å². The van der Waals surface area contributed by atoms with Crippen molar-refractivity contribution < 1.29 is 0 Å². The summed E-state index contributed by atoms with van der Waals surface area (Å²) < 4.78 is 7.80. The topological polar surface area (TPSA) is 37.2 Å². The molecule has 0 unspecified atom stereocenters. The first-order valence-electron chi connectivity index (χ1n) is 39.3. The van der Waals surface area contributed by atoms with E-state index in [4.69, 9.17) is 9.97 Å². The standard InChI is InChI=1S/C102H86BN5S2Si2/c1-101(2,3)71-37-47-96-80(53-71)78-49-67(35-45-94(78)109-96)69-33-41-86-90(51-69)107(99-82(63-25-17-13-18-26-63)59-104-60-83(99)64-27-19-14-20-28-64)92-55-73(106-88-43-39-74(111(7,8)9)57-76(88)77-58-75(112(10,11)12)40-44-89(77)106)56-93-98(92)103(86)87-42-34-70(68-36-46-95-79(50-68)81-54-72(102(4,5)6)38-48-97(81)110-95)52-91(87)108(93)100-84(65-29-21-15-22-30-65)61-105-62-85(100)66-31-23-16-24-32-66/h13-62H,1-12H3. The number of pyridine rings is 2. The molecule has 0 bridgehead atoms. The molecule has 5 aromatic heterocycles. The maximum Gasteiger partial charge on any atom is 0.252 e. The van der Waals surface area contributed by atoms with Gasteiger partial charge in [0, 0.05) is 121 Å². The normalized spacial score (nSPS) is 13.1. The molecule has 0 atom stereocenters. The van der Waals surface area contributed by atoms with Crippen LogP contribution >= 0.6 is 22.7 Å². The summed E-state index contributed by atoms with van der Waals surface area (Å²) in [6, 6.07) is 108. The first-order valence-corrected chi connectivity index (χ1v) is 48.0. The van der Waals surface area contributed by atoms with Crippen LogP contribution in [0.25, 0.3) is 135 Å². The minimum atomic E-state index is -1.83. The number of fused-ring (bicyclic) bond motifs is 13. The highest BCUT2D eigenvalue weighted by Crippen LogP contribution is 2.55. The van der Waals surface area contributed by atoms with Crippen LogP contribution in [-0.4, -0.2) is 37.4 Å². The van der Waals surface area contributed by atoms with E-state index in [2.05, 4.69) is 399 Å². The highest BCUT2D eigenvalue weighted by Gasteiger charge is 2.46. The van der Waals surface area contributed by atoms with E-state index in [1.807, 2.05) is 22.7 Å². The molecule has 0 N–H and O–H groups in total. The van der Waals surface area contributed by atoms with Crippen molar-refractivity contribution in [2.45, 2.75) is 91.7 Å². The summed E-state index contributed by atoms with van der Waals surface area (Å²) in [6.45, 7) is 28.5. The van der Waals surface area contributed by atoms with Crippen molar-refractivity contribution in [3.8, 4) is 72.4 Å². The van der Waals surface area contributed by atoms with Crippen molar-refractivity contribution in [1.29, 1.82) is 0 Å². The summed E-state index contributed by atoms with van der Waals surface area (Å²) in [7, 11) is -3.66. The van der Waals surface area contributed by atoms with Gasteiger partial charge in [0.1, 0.15) is 0 Å². The van der Waals surface area contributed by atoms with Crippen LogP contribution in [0.2, 0.25) is 39.3 Å². The van der Waals surface area contributed by atoms with Gasteiger partial charge in [-0.25, -0.2) is 0 Å². The van der Waals surface area contributed by atoms with E-state index in [0.717, 1.165) is 95.4 Å². The van der Waals surface area contributed by atoms with E-state index in [-0.39, 0.29) is 17.5 Å². The fourth-order valence-corrected chi connectivity index (χ4v) is 22.2. The largest absolute Gasteiger partial charge is 0.310 e. The Hall–Kier alpha value is -11.5. The number of aromatic nitrogens is 3. The summed E-state index contributed by atoms with van der Waals surface area (Å²) in [5, 5.41) is 10.6. The van der Waals surface area contributed by atoms with Gasteiger partial charge in [-0.3, -0.25) is 9.97 Å². The van der Waals surface area contributed by atoms with Crippen molar-refractivity contribution >= 4 is 169 Å². The molecule has 0 fully saturated rings. The molecule has 0 amide bonds. The van der Waals surface area contributed by atoms with Crippen LogP contribution < -0.4 is 36.6 Å². The first-order chi connectivity index (χ1) is 54.1. The van der Waals surface area contributed by atoms with E-state index in [0.29, 0.717) is 0 Å². The number of rotatable bonds is 11.